The third-order valence-electron chi connectivity index (χ3n) is 9.76. The molecule has 0 N–H and O–H groups in total. The van der Waals surface area contributed by atoms with Gasteiger partial charge in [0.05, 0.1) is 11.0 Å². The summed E-state index contributed by atoms with van der Waals surface area (Å²) in [5.41, 5.74) is 12.2. The summed E-state index contributed by atoms with van der Waals surface area (Å²) in [6.07, 6.45) is 6.91. The Morgan fingerprint density at radius 3 is 1.83 bits per heavy atom. The lowest BCUT2D eigenvalue weighted by molar-refractivity contribution is 0.608. The first kappa shape index (κ1) is 26.8. The van der Waals surface area contributed by atoms with Crippen LogP contribution in [0.3, 0.4) is 0 Å². The highest BCUT2D eigenvalue weighted by atomic mass is 15.0. The van der Waals surface area contributed by atoms with Gasteiger partial charge in [0, 0.05) is 38.6 Å². The average Bonchev–Trinajstić information content (AvgIpc) is 3.56. The van der Waals surface area contributed by atoms with Crippen LogP contribution in [0.25, 0.3) is 67.2 Å². The normalized spacial score (nSPS) is 15.0. The predicted octanol–water partition coefficient (Wildman–Crippen LogP) is 10.4. The molecule has 0 atom stereocenters. The van der Waals surface area contributed by atoms with Crippen molar-refractivity contribution in [1.29, 1.82) is 0 Å². The van der Waals surface area contributed by atoms with Crippen LogP contribution < -0.4 is 0 Å². The van der Waals surface area contributed by atoms with Gasteiger partial charge in [0.15, 0.2) is 17.5 Å². The van der Waals surface area contributed by atoms with Crippen LogP contribution in [-0.2, 0) is 5.41 Å². The number of fused-ring (bicyclic) bond motifs is 5. The first-order valence-electron chi connectivity index (χ1n) is 16.0. The Balaban J connectivity index is 1.31. The van der Waals surface area contributed by atoms with Crippen molar-refractivity contribution < 1.29 is 0 Å². The lowest BCUT2D eigenvalue weighted by Gasteiger charge is -2.25. The molecule has 46 heavy (non-hydrogen) atoms. The summed E-state index contributed by atoms with van der Waals surface area (Å²) in [7, 11) is 0. The van der Waals surface area contributed by atoms with E-state index < -0.39 is 0 Å². The van der Waals surface area contributed by atoms with Gasteiger partial charge in [-0.05, 0) is 72.0 Å². The van der Waals surface area contributed by atoms with E-state index in [-0.39, 0.29) is 5.41 Å². The zero-order chi connectivity index (χ0) is 30.8. The van der Waals surface area contributed by atoms with Crippen molar-refractivity contribution in [3.8, 4) is 39.9 Å². The van der Waals surface area contributed by atoms with E-state index in [9.17, 15) is 0 Å². The molecule has 0 unspecified atom stereocenters. The molecule has 0 bridgehead atoms. The minimum atomic E-state index is -0.000688. The summed E-state index contributed by atoms with van der Waals surface area (Å²) in [5, 5.41) is 2.43. The van der Waals surface area contributed by atoms with Crippen LogP contribution >= 0.6 is 0 Å². The number of allylic oxidation sites excluding steroid dienone is 4. The monoisotopic (exact) mass is 592 g/mol. The number of benzene rings is 5. The molecule has 5 aromatic carbocycles. The van der Waals surface area contributed by atoms with Crippen molar-refractivity contribution in [3.05, 3.63) is 150 Å². The van der Waals surface area contributed by atoms with E-state index in [4.69, 9.17) is 15.0 Å². The van der Waals surface area contributed by atoms with E-state index in [0.717, 1.165) is 35.2 Å². The summed E-state index contributed by atoms with van der Waals surface area (Å²) in [6, 6.07) is 42.6. The SMILES string of the molecule is CC1(C)C2=C(C=CCC2)c2cc3c4cc(-c5nc(-c6ccccc6)nc(-c6ccccc6)n5)ccc4n(-c4ccccc4)c3cc21. The maximum Gasteiger partial charge on any atom is 0.164 e. The summed E-state index contributed by atoms with van der Waals surface area (Å²) >= 11 is 0. The molecule has 7 aromatic rings. The highest BCUT2D eigenvalue weighted by Crippen LogP contribution is 2.52. The van der Waals surface area contributed by atoms with Gasteiger partial charge in [-0.2, -0.15) is 0 Å². The molecule has 4 nitrogen and oxygen atoms in total. The lowest BCUT2D eigenvalue weighted by atomic mass is 9.78. The van der Waals surface area contributed by atoms with Crippen LogP contribution in [0.15, 0.2) is 139 Å². The van der Waals surface area contributed by atoms with Gasteiger partial charge in [-0.15, -0.1) is 0 Å². The fourth-order valence-electron chi connectivity index (χ4n) is 7.47. The van der Waals surface area contributed by atoms with Crippen molar-refractivity contribution >= 4 is 27.4 Å². The molecule has 0 aliphatic heterocycles. The molecular formula is C42H32N4. The molecule has 0 amide bonds. The van der Waals surface area contributed by atoms with E-state index in [1.54, 1.807) is 5.57 Å². The van der Waals surface area contributed by atoms with E-state index in [2.05, 4.69) is 115 Å². The zero-order valence-electron chi connectivity index (χ0n) is 25.9. The largest absolute Gasteiger partial charge is 0.309 e. The first-order valence-corrected chi connectivity index (χ1v) is 16.0. The Hall–Kier alpha value is -5.61. The Morgan fingerprint density at radius 2 is 1.17 bits per heavy atom. The molecule has 2 heterocycles. The molecule has 0 saturated carbocycles. The van der Waals surface area contributed by atoms with E-state index >= 15 is 0 Å². The van der Waals surface area contributed by atoms with Crippen LogP contribution in [-0.4, -0.2) is 19.5 Å². The van der Waals surface area contributed by atoms with Crippen LogP contribution in [0.2, 0.25) is 0 Å². The topological polar surface area (TPSA) is 43.6 Å². The Labute approximate surface area is 268 Å². The molecule has 0 fully saturated rings. The molecular weight excluding hydrogens is 560 g/mol. The summed E-state index contributed by atoms with van der Waals surface area (Å²) < 4.78 is 2.41. The van der Waals surface area contributed by atoms with Crippen molar-refractivity contribution in [2.45, 2.75) is 32.1 Å². The average molecular weight is 593 g/mol. The Bertz CT molecular complexity index is 2300. The van der Waals surface area contributed by atoms with Gasteiger partial charge in [0.1, 0.15) is 0 Å². The molecule has 2 aromatic heterocycles. The number of hydrogen-bond acceptors (Lipinski definition) is 3. The van der Waals surface area contributed by atoms with E-state index in [1.165, 1.54) is 38.5 Å². The fourth-order valence-corrected chi connectivity index (χ4v) is 7.47. The number of nitrogens with zero attached hydrogens (tertiary/aromatic N) is 4. The number of rotatable bonds is 4. The lowest BCUT2D eigenvalue weighted by Crippen LogP contribution is -2.17. The molecule has 0 radical (unpaired) electrons. The zero-order valence-corrected chi connectivity index (χ0v) is 25.9. The van der Waals surface area contributed by atoms with Crippen molar-refractivity contribution in [2.75, 3.05) is 0 Å². The second-order valence-electron chi connectivity index (χ2n) is 12.8. The first-order chi connectivity index (χ1) is 22.6. The summed E-state index contributed by atoms with van der Waals surface area (Å²) in [4.78, 5) is 15.0. The fraction of sp³-hybridized carbons (Fsp3) is 0.119. The van der Waals surface area contributed by atoms with Gasteiger partial charge in [0.25, 0.3) is 0 Å². The van der Waals surface area contributed by atoms with Crippen LogP contribution in [0.5, 0.6) is 0 Å². The highest BCUT2D eigenvalue weighted by molar-refractivity contribution is 6.12. The van der Waals surface area contributed by atoms with Gasteiger partial charge in [-0.25, -0.2) is 15.0 Å². The van der Waals surface area contributed by atoms with Crippen molar-refractivity contribution in [1.82, 2.24) is 19.5 Å². The van der Waals surface area contributed by atoms with E-state index in [1.807, 2.05) is 36.4 Å². The van der Waals surface area contributed by atoms with Crippen LogP contribution in [0.4, 0.5) is 0 Å². The smallest absolute Gasteiger partial charge is 0.164 e. The number of hydrogen-bond donors (Lipinski definition) is 0. The molecule has 0 spiro atoms. The standard InChI is InChI=1S/C42H32N4/c1-42(2)35-21-13-12-20-31(35)32-25-34-33-24-29(22-23-37(33)46(38(34)26-36(32)42)30-18-10-5-11-19-30)41-44-39(27-14-6-3-7-15-27)43-40(45-41)28-16-8-4-9-17-28/h3-12,14-20,22-26H,13,21H2,1-2H3. The maximum atomic E-state index is 5.04. The molecule has 2 aliphatic carbocycles. The van der Waals surface area contributed by atoms with Crippen molar-refractivity contribution in [3.63, 3.8) is 0 Å². The minimum Gasteiger partial charge on any atom is -0.309 e. The second-order valence-corrected chi connectivity index (χ2v) is 12.8. The third-order valence-corrected chi connectivity index (χ3v) is 9.76. The van der Waals surface area contributed by atoms with Crippen molar-refractivity contribution in [2.24, 2.45) is 0 Å². The van der Waals surface area contributed by atoms with Crippen LogP contribution in [0, 0.1) is 0 Å². The van der Waals surface area contributed by atoms with Gasteiger partial charge < -0.3 is 4.57 Å². The predicted molar refractivity (Wildman–Crippen MR) is 189 cm³/mol. The number of para-hydroxylation sites is 1. The third kappa shape index (κ3) is 4.10. The van der Waals surface area contributed by atoms with Gasteiger partial charge >= 0.3 is 0 Å². The molecule has 0 saturated heterocycles. The molecule has 2 aliphatic rings. The Morgan fingerprint density at radius 1 is 0.587 bits per heavy atom. The number of aromatic nitrogens is 4. The Kier molecular flexibility index (Phi) is 5.94. The quantitative estimate of drug-likeness (QED) is 0.204. The van der Waals surface area contributed by atoms with Gasteiger partial charge in [0.2, 0.25) is 0 Å². The minimum absolute atomic E-state index is 0.000688. The van der Waals surface area contributed by atoms with E-state index in [0.29, 0.717) is 17.5 Å². The maximum absolute atomic E-state index is 5.04. The molecule has 4 heteroatoms. The second kappa shape index (κ2) is 10.2. The summed E-state index contributed by atoms with van der Waals surface area (Å²) in [6.45, 7) is 4.78. The van der Waals surface area contributed by atoms with Gasteiger partial charge in [-0.3, -0.25) is 0 Å². The van der Waals surface area contributed by atoms with Crippen LogP contribution in [0.1, 0.15) is 37.8 Å². The highest BCUT2D eigenvalue weighted by Gasteiger charge is 2.38. The van der Waals surface area contributed by atoms with Gasteiger partial charge in [-0.1, -0.05) is 110 Å². The molecule has 220 valence electrons. The molecule has 9 rings (SSSR count). The summed E-state index contributed by atoms with van der Waals surface area (Å²) in [5.74, 6) is 2.00.